The molecule has 0 fully saturated rings. The highest BCUT2D eigenvalue weighted by Gasteiger charge is 2.32. The monoisotopic (exact) mass is 486 g/mol. The van der Waals surface area contributed by atoms with E-state index in [0.717, 1.165) is 40.8 Å². The number of aryl methyl sites for hydroxylation is 2. The summed E-state index contributed by atoms with van der Waals surface area (Å²) in [6.07, 6.45) is -3.51. The number of hydrogen-bond donors (Lipinski definition) is 0. The lowest BCUT2D eigenvalue weighted by Crippen LogP contribution is -2.18. The Morgan fingerprint density at radius 1 is 0.771 bits per heavy atom. The minimum atomic E-state index is -4.97. The first-order valence-corrected chi connectivity index (χ1v) is 11.2. The third-order valence-corrected chi connectivity index (χ3v) is 5.60. The van der Waals surface area contributed by atoms with E-state index in [1.807, 2.05) is 49.4 Å². The van der Waals surface area contributed by atoms with Crippen molar-refractivity contribution in [3.8, 4) is 22.6 Å². The van der Waals surface area contributed by atoms with Gasteiger partial charge in [0.25, 0.3) is 0 Å². The maximum absolute atomic E-state index is 15.2. The Balaban J connectivity index is 1.48. The average molecular weight is 486 g/mol. The van der Waals surface area contributed by atoms with E-state index in [1.54, 1.807) is 12.1 Å². The van der Waals surface area contributed by atoms with Gasteiger partial charge in [-0.1, -0.05) is 49.4 Å². The fraction of sp³-hybridized carbons (Fsp3) is 0.214. The zero-order chi connectivity index (χ0) is 25.0. The van der Waals surface area contributed by atoms with Crippen molar-refractivity contribution in [2.45, 2.75) is 32.5 Å². The summed E-state index contributed by atoms with van der Waals surface area (Å²) >= 11 is 0. The molecule has 0 aliphatic heterocycles. The summed E-state index contributed by atoms with van der Waals surface area (Å²) < 4.78 is 75.3. The molecule has 7 heteroatoms. The first kappa shape index (κ1) is 24.5. The van der Waals surface area contributed by atoms with Gasteiger partial charge in [0.05, 0.1) is 6.61 Å². The molecule has 0 bridgehead atoms. The third kappa shape index (κ3) is 6.10. The van der Waals surface area contributed by atoms with Crippen molar-refractivity contribution in [3.05, 3.63) is 95.6 Å². The van der Waals surface area contributed by atoms with Crippen molar-refractivity contribution >= 4 is 10.8 Å². The molecule has 0 aromatic heterocycles. The molecular formula is C28H23F5O2. The van der Waals surface area contributed by atoms with E-state index in [-0.39, 0.29) is 18.7 Å². The van der Waals surface area contributed by atoms with Crippen molar-refractivity contribution in [1.29, 1.82) is 0 Å². The number of halogens is 5. The quantitative estimate of drug-likeness (QED) is 0.234. The van der Waals surface area contributed by atoms with Gasteiger partial charge in [-0.05, 0) is 77.2 Å². The molecule has 0 spiro atoms. The second kappa shape index (κ2) is 10.3. The van der Waals surface area contributed by atoms with Crippen LogP contribution in [0.15, 0.2) is 72.8 Å². The highest BCUT2D eigenvalue weighted by molar-refractivity contribution is 5.88. The molecule has 0 unspecified atom stereocenters. The Hall–Kier alpha value is -3.61. The summed E-state index contributed by atoms with van der Waals surface area (Å²) in [5.41, 5.74) is 2.82. The predicted octanol–water partition coefficient (Wildman–Crippen LogP) is 8.26. The second-order valence-corrected chi connectivity index (χ2v) is 8.16. The maximum atomic E-state index is 15.2. The summed E-state index contributed by atoms with van der Waals surface area (Å²) in [5.74, 6) is -1.57. The van der Waals surface area contributed by atoms with Crippen LogP contribution in [0.1, 0.15) is 24.5 Å². The molecule has 4 rings (SSSR count). The van der Waals surface area contributed by atoms with Gasteiger partial charge >= 0.3 is 6.36 Å². The van der Waals surface area contributed by atoms with Crippen LogP contribution in [0, 0.1) is 11.6 Å². The summed E-state index contributed by atoms with van der Waals surface area (Å²) in [6.45, 7) is 2.70. The van der Waals surface area contributed by atoms with Crippen LogP contribution in [0.3, 0.4) is 0 Å². The van der Waals surface area contributed by atoms with E-state index in [2.05, 4.69) is 4.74 Å². The number of hydrogen-bond acceptors (Lipinski definition) is 2. The predicted molar refractivity (Wildman–Crippen MR) is 126 cm³/mol. The maximum Gasteiger partial charge on any atom is 0.573 e. The smallest absolute Gasteiger partial charge is 0.494 e. The van der Waals surface area contributed by atoms with Crippen LogP contribution < -0.4 is 9.47 Å². The zero-order valence-corrected chi connectivity index (χ0v) is 19.0. The number of fused-ring (bicyclic) bond motifs is 1. The molecule has 4 aromatic carbocycles. The van der Waals surface area contributed by atoms with Crippen LogP contribution in [0.5, 0.6) is 11.5 Å². The molecule has 0 amide bonds. The lowest BCUT2D eigenvalue weighted by molar-refractivity contribution is -0.275. The minimum Gasteiger partial charge on any atom is -0.494 e. The van der Waals surface area contributed by atoms with Crippen LogP contribution in [-0.2, 0) is 12.8 Å². The van der Waals surface area contributed by atoms with E-state index in [9.17, 15) is 17.6 Å². The molecule has 0 atom stereocenters. The molecule has 182 valence electrons. The SMILES string of the molecule is CCCOc1ccc(-c2ccc3c(F)c(CCc4ccc(OC(F)(F)F)c(F)c4)ccc3c2)cc1. The van der Waals surface area contributed by atoms with Crippen molar-refractivity contribution < 1.29 is 31.4 Å². The highest BCUT2D eigenvalue weighted by Crippen LogP contribution is 2.30. The Kier molecular flexibility index (Phi) is 7.24. The van der Waals surface area contributed by atoms with Crippen LogP contribution in [0.2, 0.25) is 0 Å². The third-order valence-electron chi connectivity index (χ3n) is 5.60. The number of benzene rings is 4. The van der Waals surface area contributed by atoms with Crippen LogP contribution in [-0.4, -0.2) is 13.0 Å². The van der Waals surface area contributed by atoms with Gasteiger partial charge in [0.15, 0.2) is 11.6 Å². The second-order valence-electron chi connectivity index (χ2n) is 8.16. The van der Waals surface area contributed by atoms with E-state index < -0.39 is 17.9 Å². The van der Waals surface area contributed by atoms with E-state index in [0.29, 0.717) is 23.1 Å². The van der Waals surface area contributed by atoms with Crippen LogP contribution >= 0.6 is 0 Å². The van der Waals surface area contributed by atoms with Gasteiger partial charge < -0.3 is 9.47 Å². The van der Waals surface area contributed by atoms with Crippen LogP contribution in [0.4, 0.5) is 22.0 Å². The Labute approximate surface area is 199 Å². The Morgan fingerprint density at radius 3 is 2.20 bits per heavy atom. The van der Waals surface area contributed by atoms with Crippen molar-refractivity contribution in [2.24, 2.45) is 0 Å². The first-order chi connectivity index (χ1) is 16.7. The molecule has 0 saturated heterocycles. The summed E-state index contributed by atoms with van der Waals surface area (Å²) in [5, 5.41) is 1.21. The molecule has 0 saturated carbocycles. The lowest BCUT2D eigenvalue weighted by Gasteiger charge is -2.11. The summed E-state index contributed by atoms with van der Waals surface area (Å²) in [6, 6.07) is 20.0. The van der Waals surface area contributed by atoms with E-state index in [1.165, 1.54) is 6.07 Å². The topological polar surface area (TPSA) is 18.5 Å². The van der Waals surface area contributed by atoms with Gasteiger partial charge in [0.2, 0.25) is 0 Å². The van der Waals surface area contributed by atoms with Crippen molar-refractivity contribution in [1.82, 2.24) is 0 Å². The largest absolute Gasteiger partial charge is 0.573 e. The molecule has 35 heavy (non-hydrogen) atoms. The highest BCUT2D eigenvalue weighted by atomic mass is 19.4. The van der Waals surface area contributed by atoms with Gasteiger partial charge in [-0.25, -0.2) is 8.78 Å². The number of alkyl halides is 3. The molecular weight excluding hydrogens is 463 g/mol. The standard InChI is InChI=1S/C28H23F5O2/c1-2-15-34-23-11-8-19(9-12-23)21-10-13-24-22(17-21)7-6-20(27(24)30)5-3-18-4-14-26(25(29)16-18)35-28(31,32)33/h4,6-14,16-17H,2-3,5,15H2,1H3. The van der Waals surface area contributed by atoms with Gasteiger partial charge in [-0.2, -0.15) is 0 Å². The molecule has 2 nitrogen and oxygen atoms in total. The van der Waals surface area contributed by atoms with Gasteiger partial charge in [-0.3, -0.25) is 0 Å². The lowest BCUT2D eigenvalue weighted by atomic mass is 9.97. The summed E-state index contributed by atoms with van der Waals surface area (Å²) in [4.78, 5) is 0. The normalized spacial score (nSPS) is 11.6. The average Bonchev–Trinajstić information content (AvgIpc) is 2.83. The molecule has 0 aliphatic rings. The molecule has 0 radical (unpaired) electrons. The Bertz CT molecular complexity index is 1310. The van der Waals surface area contributed by atoms with E-state index >= 15 is 4.39 Å². The molecule has 0 N–H and O–H groups in total. The number of ether oxygens (including phenoxy) is 2. The fourth-order valence-corrected chi connectivity index (χ4v) is 3.86. The molecule has 0 aliphatic carbocycles. The van der Waals surface area contributed by atoms with Crippen LogP contribution in [0.25, 0.3) is 21.9 Å². The van der Waals surface area contributed by atoms with Crippen molar-refractivity contribution in [3.63, 3.8) is 0 Å². The Morgan fingerprint density at radius 2 is 1.51 bits per heavy atom. The number of rotatable bonds is 8. The van der Waals surface area contributed by atoms with Crippen molar-refractivity contribution in [2.75, 3.05) is 6.61 Å². The van der Waals surface area contributed by atoms with Gasteiger partial charge in [0, 0.05) is 5.39 Å². The molecule has 0 heterocycles. The minimum absolute atomic E-state index is 0.260. The summed E-state index contributed by atoms with van der Waals surface area (Å²) in [7, 11) is 0. The van der Waals surface area contributed by atoms with Gasteiger partial charge in [0.1, 0.15) is 11.6 Å². The zero-order valence-electron chi connectivity index (χ0n) is 19.0. The first-order valence-electron chi connectivity index (χ1n) is 11.2. The van der Waals surface area contributed by atoms with E-state index in [4.69, 9.17) is 4.74 Å². The fourth-order valence-electron chi connectivity index (χ4n) is 3.86. The van der Waals surface area contributed by atoms with Gasteiger partial charge in [-0.15, -0.1) is 13.2 Å². The molecule has 4 aromatic rings.